The Morgan fingerprint density at radius 3 is 2.52 bits per heavy atom. The number of aromatic amines is 1. The maximum Gasteiger partial charge on any atom is 0.330 e. The van der Waals surface area contributed by atoms with E-state index in [4.69, 9.17) is 11.6 Å². The molecule has 6 rings (SSSR count). The predicted molar refractivity (Wildman–Crippen MR) is 130 cm³/mol. The van der Waals surface area contributed by atoms with Gasteiger partial charge in [-0.3, -0.25) is 14.6 Å². The molecule has 206 valence electrons. The SMILES string of the molecule is O=C([O-])N(c1nc2ccc(C3(O)c4ccccc4C(=O)N3c3cccc(Cl)c3F)cc2[nH]1)C1CC(F)(F)C1(F)F. The van der Waals surface area contributed by atoms with E-state index in [2.05, 4.69) is 9.97 Å². The quantitative estimate of drug-likeness (QED) is 0.349. The first kappa shape index (κ1) is 26.0. The Morgan fingerprint density at radius 2 is 1.85 bits per heavy atom. The minimum atomic E-state index is -4.66. The Labute approximate surface area is 226 Å². The topological polar surface area (TPSA) is 113 Å². The molecule has 2 aliphatic rings. The highest BCUT2D eigenvalue weighted by Crippen LogP contribution is 2.54. The van der Waals surface area contributed by atoms with Crippen molar-refractivity contribution >= 4 is 46.3 Å². The molecule has 2 N–H and O–H groups in total. The third-order valence-electron chi connectivity index (χ3n) is 7.20. The Bertz CT molecular complexity index is 1730. The van der Waals surface area contributed by atoms with E-state index in [-0.39, 0.29) is 43.3 Å². The third-order valence-corrected chi connectivity index (χ3v) is 7.49. The van der Waals surface area contributed by atoms with Gasteiger partial charge in [-0.2, -0.15) is 17.6 Å². The first-order chi connectivity index (χ1) is 18.8. The monoisotopic (exact) mass is 577 g/mol. The van der Waals surface area contributed by atoms with Crippen LogP contribution in [0.25, 0.3) is 11.0 Å². The van der Waals surface area contributed by atoms with E-state index in [1.54, 1.807) is 12.1 Å². The highest BCUT2D eigenvalue weighted by atomic mass is 35.5. The van der Waals surface area contributed by atoms with Crippen molar-refractivity contribution in [1.29, 1.82) is 0 Å². The number of benzene rings is 3. The highest BCUT2D eigenvalue weighted by Gasteiger charge is 2.74. The van der Waals surface area contributed by atoms with E-state index < -0.39 is 53.8 Å². The summed E-state index contributed by atoms with van der Waals surface area (Å²) in [5, 5.41) is 23.5. The van der Waals surface area contributed by atoms with E-state index in [0.29, 0.717) is 0 Å². The molecule has 1 aliphatic heterocycles. The van der Waals surface area contributed by atoms with Crippen molar-refractivity contribution in [1.82, 2.24) is 9.97 Å². The zero-order valence-corrected chi connectivity index (χ0v) is 20.6. The summed E-state index contributed by atoms with van der Waals surface area (Å²) in [5.74, 6) is -11.5. The molecule has 3 aromatic carbocycles. The summed E-state index contributed by atoms with van der Waals surface area (Å²) in [7, 11) is 0. The number of carbonyl (C=O) groups excluding carboxylic acids is 2. The number of carboxylic acid groups (broad SMARTS) is 1. The normalized spacial score (nSPS) is 22.7. The van der Waals surface area contributed by atoms with E-state index in [1.807, 2.05) is 0 Å². The molecule has 2 atom stereocenters. The number of H-pyrrole nitrogens is 1. The first-order valence-electron chi connectivity index (χ1n) is 11.7. The second-order valence-electron chi connectivity index (χ2n) is 9.41. The smallest absolute Gasteiger partial charge is 0.330 e. The van der Waals surface area contributed by atoms with Gasteiger partial charge in [0, 0.05) is 23.1 Å². The lowest BCUT2D eigenvalue weighted by molar-refractivity contribution is -0.295. The van der Waals surface area contributed by atoms with Gasteiger partial charge in [-0.15, -0.1) is 0 Å². The van der Waals surface area contributed by atoms with Crippen LogP contribution in [0.1, 0.15) is 27.9 Å². The second kappa shape index (κ2) is 8.38. The number of imidazole rings is 1. The van der Waals surface area contributed by atoms with Gasteiger partial charge in [0.1, 0.15) is 12.1 Å². The van der Waals surface area contributed by atoms with E-state index in [0.717, 1.165) is 4.90 Å². The molecule has 40 heavy (non-hydrogen) atoms. The van der Waals surface area contributed by atoms with Crippen LogP contribution in [-0.4, -0.2) is 45.0 Å². The number of carbonyl (C=O) groups is 2. The minimum Gasteiger partial charge on any atom is -0.530 e. The maximum atomic E-state index is 15.1. The lowest BCUT2D eigenvalue weighted by Crippen LogP contribution is -2.71. The molecule has 1 aliphatic carbocycles. The van der Waals surface area contributed by atoms with Crippen LogP contribution in [0.2, 0.25) is 5.02 Å². The average Bonchev–Trinajstić information content (AvgIpc) is 3.42. The molecule has 1 fully saturated rings. The molecule has 0 saturated heterocycles. The Kier molecular flexibility index (Phi) is 5.45. The second-order valence-corrected chi connectivity index (χ2v) is 9.81. The standard InChI is InChI=1S/C26H16ClF5N4O4/c27-15-6-3-7-18(20(15)28)36-21(37)13-4-1-2-5-14(13)25(36,40)12-8-9-16-17(10-12)34-22(33-16)35(23(38)39)19-11-24(29,30)26(19,31)32/h1-10,19,40H,11H2,(H,33,34)(H,38,39)/p-1. The molecule has 4 aromatic rings. The van der Waals surface area contributed by atoms with Gasteiger partial charge in [-0.1, -0.05) is 41.9 Å². The van der Waals surface area contributed by atoms with Crippen LogP contribution in [0.5, 0.6) is 0 Å². The number of rotatable bonds is 4. The summed E-state index contributed by atoms with van der Waals surface area (Å²) in [6.07, 6.45) is -3.63. The van der Waals surface area contributed by atoms with Gasteiger partial charge in [-0.05, 0) is 30.3 Å². The number of aromatic nitrogens is 2. The summed E-state index contributed by atoms with van der Waals surface area (Å²) in [4.78, 5) is 32.3. The number of halogens is 6. The van der Waals surface area contributed by atoms with Crippen LogP contribution < -0.4 is 14.9 Å². The van der Waals surface area contributed by atoms with Crippen LogP contribution in [0.15, 0.2) is 60.7 Å². The number of anilines is 2. The largest absolute Gasteiger partial charge is 0.530 e. The number of amides is 2. The number of hydrogen-bond acceptors (Lipinski definition) is 5. The maximum absolute atomic E-state index is 15.1. The average molecular weight is 578 g/mol. The Balaban J connectivity index is 1.49. The molecule has 1 aromatic heterocycles. The van der Waals surface area contributed by atoms with Crippen molar-refractivity contribution < 1.29 is 41.8 Å². The van der Waals surface area contributed by atoms with Crippen molar-refractivity contribution in [3.63, 3.8) is 0 Å². The molecule has 2 amide bonds. The molecule has 14 heteroatoms. The van der Waals surface area contributed by atoms with Gasteiger partial charge in [-0.25, -0.2) is 9.37 Å². The van der Waals surface area contributed by atoms with Crippen LogP contribution in [0.3, 0.4) is 0 Å². The first-order valence-corrected chi connectivity index (χ1v) is 12.0. The summed E-state index contributed by atoms with van der Waals surface area (Å²) in [6, 6.07) is 11.3. The molecular formula is C26H15ClF5N4O4-. The number of nitrogens with one attached hydrogen (secondary N) is 1. The van der Waals surface area contributed by atoms with Gasteiger partial charge in [0.05, 0.1) is 21.7 Å². The van der Waals surface area contributed by atoms with E-state index >= 15 is 4.39 Å². The summed E-state index contributed by atoms with van der Waals surface area (Å²) in [6.45, 7) is 0. The fraction of sp³-hybridized carbons (Fsp3) is 0.192. The van der Waals surface area contributed by atoms with Gasteiger partial charge in [0.25, 0.3) is 5.91 Å². The van der Waals surface area contributed by atoms with E-state index in [1.165, 1.54) is 48.5 Å². The van der Waals surface area contributed by atoms with Crippen LogP contribution in [-0.2, 0) is 5.72 Å². The minimum absolute atomic E-state index is 0.00933. The summed E-state index contributed by atoms with van der Waals surface area (Å²) < 4.78 is 70.1. The highest BCUT2D eigenvalue weighted by molar-refractivity contribution is 6.31. The molecule has 1 saturated carbocycles. The fourth-order valence-electron chi connectivity index (χ4n) is 5.16. The Hall–Kier alpha value is -4.23. The number of hydrogen-bond donors (Lipinski definition) is 2. The Morgan fingerprint density at radius 1 is 1.12 bits per heavy atom. The summed E-state index contributed by atoms with van der Waals surface area (Å²) >= 11 is 5.94. The molecule has 2 unspecified atom stereocenters. The predicted octanol–water partition coefficient (Wildman–Crippen LogP) is 4.40. The zero-order chi connectivity index (χ0) is 28.8. The number of fused-ring (bicyclic) bond motifs is 2. The van der Waals surface area contributed by atoms with Crippen LogP contribution in [0, 0.1) is 5.82 Å². The van der Waals surface area contributed by atoms with Crippen molar-refractivity contribution in [2.24, 2.45) is 0 Å². The van der Waals surface area contributed by atoms with Gasteiger partial charge < -0.3 is 20.0 Å². The number of alkyl halides is 4. The van der Waals surface area contributed by atoms with Gasteiger partial charge >= 0.3 is 11.8 Å². The lowest BCUT2D eigenvalue weighted by atomic mass is 9.82. The van der Waals surface area contributed by atoms with Gasteiger partial charge in [0.15, 0.2) is 11.5 Å². The van der Waals surface area contributed by atoms with Crippen molar-refractivity contribution in [2.75, 3.05) is 9.80 Å². The van der Waals surface area contributed by atoms with Crippen molar-refractivity contribution in [2.45, 2.75) is 30.0 Å². The summed E-state index contributed by atoms with van der Waals surface area (Å²) in [5.41, 5.74) is -2.51. The van der Waals surface area contributed by atoms with Crippen molar-refractivity contribution in [3.05, 3.63) is 88.2 Å². The van der Waals surface area contributed by atoms with Crippen LogP contribution in [0.4, 0.5) is 38.4 Å². The molecule has 0 bridgehead atoms. The van der Waals surface area contributed by atoms with Crippen LogP contribution >= 0.6 is 11.6 Å². The third kappa shape index (κ3) is 3.37. The van der Waals surface area contributed by atoms with Gasteiger partial charge in [0.2, 0.25) is 5.95 Å². The molecule has 0 spiro atoms. The number of nitrogens with zero attached hydrogens (tertiary/aromatic N) is 3. The zero-order valence-electron chi connectivity index (χ0n) is 19.8. The van der Waals surface area contributed by atoms with Crippen molar-refractivity contribution in [3.8, 4) is 0 Å². The molecule has 8 nitrogen and oxygen atoms in total. The molecule has 0 radical (unpaired) electrons. The van der Waals surface area contributed by atoms with E-state index in [9.17, 15) is 37.4 Å². The number of aliphatic hydroxyl groups is 1. The molecule has 2 heterocycles. The molecular weight excluding hydrogens is 563 g/mol. The fourth-order valence-corrected chi connectivity index (χ4v) is 5.33. The lowest BCUT2D eigenvalue weighted by Gasteiger charge is -2.48.